The van der Waals surface area contributed by atoms with Gasteiger partial charge < -0.3 is 24.9 Å². The lowest BCUT2D eigenvalue weighted by Gasteiger charge is -2.34. The Hall–Kier alpha value is -0.790. The van der Waals surface area contributed by atoms with E-state index in [2.05, 4.69) is 15.0 Å². The Kier molecular flexibility index (Phi) is 4.16. The monoisotopic (exact) mass is 428 g/mol. The van der Waals surface area contributed by atoms with E-state index in [4.69, 9.17) is 21.2 Å². The minimum Gasteiger partial charge on any atom is -0.388 e. The van der Waals surface area contributed by atoms with Crippen LogP contribution in [0.1, 0.15) is 0 Å². The van der Waals surface area contributed by atoms with Gasteiger partial charge in [0.05, 0.1) is 6.61 Å². The Morgan fingerprint density at radius 2 is 2.10 bits per heavy atom. The smallest absolute Gasteiger partial charge is 0.253 e. The van der Waals surface area contributed by atoms with E-state index >= 15 is 0 Å². The van der Waals surface area contributed by atoms with Crippen molar-refractivity contribution in [1.29, 1.82) is 0 Å². The van der Waals surface area contributed by atoms with Crippen LogP contribution in [0, 0.1) is 3.83 Å². The molecular formula is C10H10ClIN4O5. The van der Waals surface area contributed by atoms with Crippen LogP contribution < -0.4 is 4.84 Å². The molecule has 0 saturated carbocycles. The zero-order valence-electron chi connectivity index (χ0n) is 10.3. The fourth-order valence-corrected chi connectivity index (χ4v) is 2.71. The summed E-state index contributed by atoms with van der Waals surface area (Å²) in [6.45, 7) is -0.164. The highest BCUT2D eigenvalue weighted by atomic mass is 127. The van der Waals surface area contributed by atoms with E-state index in [0.29, 0.717) is 15.0 Å². The second kappa shape index (κ2) is 5.78. The predicted molar refractivity (Wildman–Crippen MR) is 77.4 cm³/mol. The Morgan fingerprint density at radius 1 is 1.33 bits per heavy atom. The minimum absolute atomic E-state index is 0.164. The molecule has 4 atom stereocenters. The third kappa shape index (κ3) is 2.78. The van der Waals surface area contributed by atoms with Crippen molar-refractivity contribution in [2.24, 2.45) is 0 Å². The summed E-state index contributed by atoms with van der Waals surface area (Å²) in [5.41, 5.74) is 0.638. The molecule has 3 N–H and O–H groups in total. The first-order chi connectivity index (χ1) is 9.97. The van der Waals surface area contributed by atoms with Crippen molar-refractivity contribution in [3.63, 3.8) is 0 Å². The number of imidazole rings is 1. The lowest BCUT2D eigenvalue weighted by molar-refractivity contribution is -0.268. The number of aliphatic hydroxyl groups is 3. The fraction of sp³-hybridized carbons (Fsp3) is 0.500. The summed E-state index contributed by atoms with van der Waals surface area (Å²) in [4.78, 5) is 17.5. The van der Waals surface area contributed by atoms with E-state index in [1.54, 1.807) is 0 Å². The number of rotatable bonds is 2. The van der Waals surface area contributed by atoms with Crippen LogP contribution in [0.5, 0.6) is 0 Å². The number of aromatic nitrogens is 4. The molecule has 0 radical (unpaired) electrons. The van der Waals surface area contributed by atoms with Gasteiger partial charge in [0.2, 0.25) is 5.65 Å². The maximum Gasteiger partial charge on any atom is 0.253 e. The number of aliphatic hydroxyl groups excluding tert-OH is 3. The summed E-state index contributed by atoms with van der Waals surface area (Å²) < 4.78 is 6.72. The van der Waals surface area contributed by atoms with Crippen molar-refractivity contribution in [2.45, 2.75) is 24.6 Å². The van der Waals surface area contributed by atoms with Crippen LogP contribution in [0.4, 0.5) is 0 Å². The van der Waals surface area contributed by atoms with E-state index in [1.807, 2.05) is 22.6 Å². The molecule has 9 nitrogen and oxygen atoms in total. The Labute approximate surface area is 136 Å². The lowest BCUT2D eigenvalue weighted by atomic mass is 10.1. The van der Waals surface area contributed by atoms with Gasteiger partial charge in [0, 0.05) is 22.6 Å². The summed E-state index contributed by atoms with van der Waals surface area (Å²) in [6, 6.07) is 0. The van der Waals surface area contributed by atoms with Gasteiger partial charge in [-0.2, -0.15) is 4.98 Å². The van der Waals surface area contributed by atoms with Gasteiger partial charge in [0.25, 0.3) is 6.29 Å². The standard InChI is InChI=1S/C10H10ClIN4O5/c11-7-4-8(15-10(12)14-7)16(2-13-4)21-9-6(19)5(18)3(17)1-20-9/h2-3,5-6,9,17-19H,1H2/t3-,5-,6-,9+/m1/s1. The molecule has 3 heterocycles. The summed E-state index contributed by atoms with van der Waals surface area (Å²) in [6.07, 6.45) is -3.82. The van der Waals surface area contributed by atoms with Gasteiger partial charge in [-0.15, -0.1) is 4.73 Å². The molecule has 0 unspecified atom stereocenters. The first-order valence-electron chi connectivity index (χ1n) is 5.86. The van der Waals surface area contributed by atoms with E-state index in [1.165, 1.54) is 11.1 Å². The fourth-order valence-electron chi connectivity index (χ4n) is 1.88. The topological polar surface area (TPSA) is 123 Å². The van der Waals surface area contributed by atoms with Crippen LogP contribution in [0.25, 0.3) is 11.2 Å². The first kappa shape index (κ1) is 15.1. The molecule has 11 heteroatoms. The average Bonchev–Trinajstić information content (AvgIpc) is 2.83. The Bertz CT molecular complexity index is 670. The molecule has 114 valence electrons. The predicted octanol–water partition coefficient (Wildman–Crippen LogP) is -1.05. The molecule has 0 aromatic carbocycles. The average molecular weight is 429 g/mol. The van der Waals surface area contributed by atoms with Gasteiger partial charge in [-0.1, -0.05) is 11.6 Å². The van der Waals surface area contributed by atoms with Crippen LogP contribution in [0.15, 0.2) is 6.33 Å². The molecular weight excluding hydrogens is 418 g/mol. The van der Waals surface area contributed by atoms with E-state index in [0.717, 1.165) is 0 Å². The van der Waals surface area contributed by atoms with Crippen molar-refractivity contribution >= 4 is 45.4 Å². The molecule has 0 spiro atoms. The van der Waals surface area contributed by atoms with E-state index < -0.39 is 24.6 Å². The highest BCUT2D eigenvalue weighted by molar-refractivity contribution is 14.1. The van der Waals surface area contributed by atoms with Crippen molar-refractivity contribution in [3.8, 4) is 0 Å². The second-order valence-corrected chi connectivity index (χ2v) is 5.70. The first-order valence-corrected chi connectivity index (χ1v) is 7.32. The molecule has 2 aromatic heterocycles. The number of nitrogens with zero attached hydrogens (tertiary/aromatic N) is 4. The Morgan fingerprint density at radius 3 is 2.86 bits per heavy atom. The molecule has 0 amide bonds. The quantitative estimate of drug-likeness (QED) is 0.315. The van der Waals surface area contributed by atoms with Gasteiger partial charge in [-0.25, -0.2) is 9.97 Å². The van der Waals surface area contributed by atoms with Gasteiger partial charge in [-0.05, 0) is 0 Å². The third-order valence-electron chi connectivity index (χ3n) is 2.97. The van der Waals surface area contributed by atoms with Crippen LogP contribution in [-0.4, -0.2) is 66.2 Å². The normalized spacial score (nSPS) is 29.8. The lowest BCUT2D eigenvalue weighted by Crippen LogP contribution is -2.56. The maximum absolute atomic E-state index is 9.83. The summed E-state index contributed by atoms with van der Waals surface area (Å²) >= 11 is 7.84. The molecule has 2 aromatic rings. The van der Waals surface area contributed by atoms with E-state index in [-0.39, 0.29) is 11.8 Å². The highest BCUT2D eigenvalue weighted by Crippen LogP contribution is 2.20. The summed E-state index contributed by atoms with van der Waals surface area (Å²) in [5.74, 6) is 0. The summed E-state index contributed by atoms with van der Waals surface area (Å²) in [5, 5.41) is 29.0. The maximum atomic E-state index is 9.83. The van der Waals surface area contributed by atoms with Crippen LogP contribution in [0.2, 0.25) is 5.15 Å². The van der Waals surface area contributed by atoms with Crippen LogP contribution >= 0.6 is 34.2 Å². The van der Waals surface area contributed by atoms with Gasteiger partial charge in [0.1, 0.15) is 30.2 Å². The molecule has 1 aliphatic heterocycles. The SMILES string of the molecule is O[C@H]1[C@H](On2cnc3c(Cl)nc(I)nc32)OC[C@@H](O)[C@H]1O. The molecule has 1 aliphatic rings. The number of fused-ring (bicyclic) bond motifs is 1. The second-order valence-electron chi connectivity index (χ2n) is 4.38. The van der Waals surface area contributed by atoms with Crippen molar-refractivity contribution in [1.82, 2.24) is 19.7 Å². The van der Waals surface area contributed by atoms with Gasteiger partial charge in [0.15, 0.2) is 8.98 Å². The number of hydrogen-bond acceptors (Lipinski definition) is 8. The van der Waals surface area contributed by atoms with E-state index in [9.17, 15) is 15.3 Å². The Balaban J connectivity index is 1.88. The molecule has 0 aliphatic carbocycles. The van der Waals surface area contributed by atoms with Crippen molar-refractivity contribution in [2.75, 3.05) is 6.61 Å². The molecule has 1 fully saturated rings. The van der Waals surface area contributed by atoms with Crippen molar-refractivity contribution in [3.05, 3.63) is 15.3 Å². The van der Waals surface area contributed by atoms with Gasteiger partial charge in [-0.3, -0.25) is 0 Å². The largest absolute Gasteiger partial charge is 0.388 e. The number of hydrogen-bond donors (Lipinski definition) is 3. The minimum atomic E-state index is -1.41. The molecule has 3 rings (SSSR count). The molecule has 21 heavy (non-hydrogen) atoms. The zero-order valence-corrected chi connectivity index (χ0v) is 13.2. The molecule has 0 bridgehead atoms. The van der Waals surface area contributed by atoms with Gasteiger partial charge >= 0.3 is 0 Å². The molecule has 1 saturated heterocycles. The van der Waals surface area contributed by atoms with Crippen molar-refractivity contribution < 1.29 is 24.9 Å². The summed E-state index contributed by atoms with van der Waals surface area (Å²) in [7, 11) is 0. The third-order valence-corrected chi connectivity index (χ3v) is 3.71. The number of ether oxygens (including phenoxy) is 1. The number of halogens is 2. The van der Waals surface area contributed by atoms with Crippen LogP contribution in [0.3, 0.4) is 0 Å². The zero-order chi connectivity index (χ0) is 15.1. The van der Waals surface area contributed by atoms with Crippen LogP contribution in [-0.2, 0) is 4.74 Å². The highest BCUT2D eigenvalue weighted by Gasteiger charge is 2.39.